The van der Waals surface area contributed by atoms with Crippen LogP contribution in [-0.2, 0) is 4.74 Å². The number of fused-ring (bicyclic) bond motifs is 1. The number of nitrogens with zero attached hydrogens (tertiary/aromatic N) is 1. The van der Waals surface area contributed by atoms with Crippen molar-refractivity contribution in [1.29, 1.82) is 0 Å². The summed E-state index contributed by atoms with van der Waals surface area (Å²) in [5.41, 5.74) is 0.756. The highest BCUT2D eigenvalue weighted by atomic mass is 19.1. The topological polar surface area (TPSA) is 64.2 Å². The van der Waals surface area contributed by atoms with E-state index in [1.165, 1.54) is 18.2 Å². The maximum Gasteiger partial charge on any atom is 0.259 e. The van der Waals surface area contributed by atoms with Gasteiger partial charge >= 0.3 is 0 Å². The molecule has 0 saturated heterocycles. The first kappa shape index (κ1) is 16.1. The summed E-state index contributed by atoms with van der Waals surface area (Å²) in [6.45, 7) is 1.22. The number of ether oxygens (including phenoxy) is 2. The smallest absolute Gasteiger partial charge is 0.259 e. The Bertz CT molecular complexity index is 891. The van der Waals surface area contributed by atoms with Gasteiger partial charge in [-0.2, -0.15) is 0 Å². The number of nitrogens with one attached hydrogen (secondary N) is 1. The molecular weight excluding hydrogens is 311 g/mol. The quantitative estimate of drug-likeness (QED) is 0.706. The highest BCUT2D eigenvalue weighted by Crippen LogP contribution is 2.20. The second-order valence-corrected chi connectivity index (χ2v) is 5.30. The molecule has 6 heteroatoms. The zero-order valence-corrected chi connectivity index (χ0v) is 13.2. The van der Waals surface area contributed by atoms with Crippen molar-refractivity contribution >= 4 is 10.9 Å². The molecular formula is C18H17FN2O3. The van der Waals surface area contributed by atoms with Crippen LogP contribution in [0, 0.1) is 5.82 Å². The monoisotopic (exact) mass is 328 g/mol. The lowest BCUT2D eigenvalue weighted by Gasteiger charge is -2.07. The van der Waals surface area contributed by atoms with Gasteiger partial charge in [0.05, 0.1) is 17.5 Å². The van der Waals surface area contributed by atoms with E-state index in [-0.39, 0.29) is 5.56 Å². The average molecular weight is 328 g/mol. The van der Waals surface area contributed by atoms with Gasteiger partial charge in [-0.05, 0) is 36.4 Å². The molecule has 0 radical (unpaired) electrons. The lowest BCUT2D eigenvalue weighted by molar-refractivity contribution is 0.172. The van der Waals surface area contributed by atoms with Crippen LogP contribution >= 0.6 is 0 Å². The number of rotatable bonds is 6. The first-order chi connectivity index (χ1) is 11.7. The number of aromatic nitrogens is 2. The summed E-state index contributed by atoms with van der Waals surface area (Å²) in [6.07, 6.45) is 0.809. The average Bonchev–Trinajstić information content (AvgIpc) is 2.59. The van der Waals surface area contributed by atoms with E-state index in [1.54, 1.807) is 31.4 Å². The Balaban J connectivity index is 1.83. The molecule has 0 saturated carbocycles. The van der Waals surface area contributed by atoms with Crippen LogP contribution in [0.5, 0.6) is 5.75 Å². The standard InChI is InChI=1S/C18H17FN2O3/c1-23-9-2-10-24-14-6-3-12(4-7-14)17-20-16-11-13(19)5-8-15(16)18(22)21-17/h3-8,11H,2,9-10H2,1H3,(H,20,21,22). The van der Waals surface area contributed by atoms with Crippen molar-refractivity contribution in [2.75, 3.05) is 20.3 Å². The van der Waals surface area contributed by atoms with E-state index >= 15 is 0 Å². The van der Waals surface area contributed by atoms with Crippen molar-refractivity contribution in [3.05, 3.63) is 58.6 Å². The summed E-state index contributed by atoms with van der Waals surface area (Å²) >= 11 is 0. The van der Waals surface area contributed by atoms with Gasteiger partial charge in [-0.25, -0.2) is 9.37 Å². The number of aromatic amines is 1. The summed E-state index contributed by atoms with van der Waals surface area (Å²) in [6, 6.07) is 11.1. The molecule has 5 nitrogen and oxygen atoms in total. The van der Waals surface area contributed by atoms with E-state index in [1.807, 2.05) is 0 Å². The zero-order valence-electron chi connectivity index (χ0n) is 13.2. The fourth-order valence-corrected chi connectivity index (χ4v) is 2.35. The fourth-order valence-electron chi connectivity index (χ4n) is 2.35. The number of methoxy groups -OCH3 is 1. The summed E-state index contributed by atoms with van der Waals surface area (Å²) in [7, 11) is 1.65. The first-order valence-electron chi connectivity index (χ1n) is 7.59. The summed E-state index contributed by atoms with van der Waals surface area (Å²) in [5.74, 6) is 0.694. The van der Waals surface area contributed by atoms with Gasteiger partial charge in [-0.3, -0.25) is 4.79 Å². The Labute approximate surface area is 138 Å². The van der Waals surface area contributed by atoms with Gasteiger partial charge in [0.1, 0.15) is 17.4 Å². The Morgan fingerprint density at radius 3 is 2.67 bits per heavy atom. The minimum absolute atomic E-state index is 0.296. The van der Waals surface area contributed by atoms with Crippen molar-refractivity contribution in [1.82, 2.24) is 9.97 Å². The van der Waals surface area contributed by atoms with Crippen LogP contribution in [0.25, 0.3) is 22.3 Å². The van der Waals surface area contributed by atoms with E-state index in [4.69, 9.17) is 9.47 Å². The Morgan fingerprint density at radius 2 is 1.92 bits per heavy atom. The molecule has 0 aliphatic heterocycles. The fraction of sp³-hybridized carbons (Fsp3) is 0.222. The molecule has 2 aromatic carbocycles. The summed E-state index contributed by atoms with van der Waals surface area (Å²) in [5, 5.41) is 0.359. The largest absolute Gasteiger partial charge is 0.494 e. The number of hydrogen-bond acceptors (Lipinski definition) is 4. The third-order valence-corrected chi connectivity index (χ3v) is 3.56. The second-order valence-electron chi connectivity index (χ2n) is 5.30. The molecule has 0 fully saturated rings. The van der Waals surface area contributed by atoms with Crippen LogP contribution in [0.1, 0.15) is 6.42 Å². The van der Waals surface area contributed by atoms with E-state index < -0.39 is 5.82 Å². The van der Waals surface area contributed by atoms with Gasteiger partial charge in [-0.15, -0.1) is 0 Å². The van der Waals surface area contributed by atoms with Crippen molar-refractivity contribution in [3.63, 3.8) is 0 Å². The number of halogens is 1. The predicted octanol–water partition coefficient (Wildman–Crippen LogP) is 3.14. The van der Waals surface area contributed by atoms with Crippen LogP contribution in [0.15, 0.2) is 47.3 Å². The van der Waals surface area contributed by atoms with Gasteiger partial charge in [0.15, 0.2) is 0 Å². The van der Waals surface area contributed by atoms with Crippen LogP contribution in [-0.4, -0.2) is 30.3 Å². The lowest BCUT2D eigenvalue weighted by atomic mass is 10.2. The number of H-pyrrole nitrogens is 1. The van der Waals surface area contributed by atoms with Crippen molar-refractivity contribution in [2.45, 2.75) is 6.42 Å². The second kappa shape index (κ2) is 7.23. The zero-order chi connectivity index (χ0) is 16.9. The lowest BCUT2D eigenvalue weighted by Crippen LogP contribution is -2.09. The van der Waals surface area contributed by atoms with E-state index in [0.717, 1.165) is 17.7 Å². The molecule has 1 heterocycles. The highest BCUT2D eigenvalue weighted by molar-refractivity contribution is 5.79. The van der Waals surface area contributed by atoms with Crippen LogP contribution < -0.4 is 10.3 Å². The molecule has 0 aliphatic rings. The molecule has 1 N–H and O–H groups in total. The normalized spacial score (nSPS) is 10.9. The van der Waals surface area contributed by atoms with Gasteiger partial charge in [0.25, 0.3) is 5.56 Å². The van der Waals surface area contributed by atoms with Gasteiger partial charge in [0, 0.05) is 31.8 Å². The highest BCUT2D eigenvalue weighted by Gasteiger charge is 2.07. The van der Waals surface area contributed by atoms with Crippen LogP contribution in [0.4, 0.5) is 4.39 Å². The van der Waals surface area contributed by atoms with Crippen molar-refractivity contribution < 1.29 is 13.9 Å². The SMILES string of the molecule is COCCCOc1ccc(-c2nc3cc(F)ccc3c(=O)[nH]2)cc1. The Kier molecular flexibility index (Phi) is 4.86. The molecule has 0 aliphatic carbocycles. The van der Waals surface area contributed by atoms with E-state index in [0.29, 0.717) is 29.9 Å². The molecule has 0 atom stereocenters. The first-order valence-corrected chi connectivity index (χ1v) is 7.59. The van der Waals surface area contributed by atoms with Gasteiger partial charge in [0.2, 0.25) is 0 Å². The maximum atomic E-state index is 13.4. The number of hydrogen-bond donors (Lipinski definition) is 1. The van der Waals surface area contributed by atoms with Crippen molar-refractivity contribution in [2.24, 2.45) is 0 Å². The Hall–Kier alpha value is -2.73. The minimum Gasteiger partial charge on any atom is -0.494 e. The molecule has 0 amide bonds. The molecule has 1 aromatic heterocycles. The Morgan fingerprint density at radius 1 is 1.12 bits per heavy atom. The molecule has 124 valence electrons. The van der Waals surface area contributed by atoms with Gasteiger partial charge < -0.3 is 14.5 Å². The summed E-state index contributed by atoms with van der Waals surface area (Å²) in [4.78, 5) is 19.1. The van der Waals surface area contributed by atoms with Crippen molar-refractivity contribution in [3.8, 4) is 17.1 Å². The molecule has 3 aromatic rings. The molecule has 3 rings (SSSR count). The number of benzene rings is 2. The van der Waals surface area contributed by atoms with Gasteiger partial charge in [-0.1, -0.05) is 0 Å². The van der Waals surface area contributed by atoms with Crippen LogP contribution in [0.3, 0.4) is 0 Å². The minimum atomic E-state index is -0.425. The molecule has 0 bridgehead atoms. The predicted molar refractivity (Wildman–Crippen MR) is 89.7 cm³/mol. The van der Waals surface area contributed by atoms with E-state index in [2.05, 4.69) is 9.97 Å². The third-order valence-electron chi connectivity index (χ3n) is 3.56. The molecule has 24 heavy (non-hydrogen) atoms. The molecule has 0 spiro atoms. The van der Waals surface area contributed by atoms with Crippen LogP contribution in [0.2, 0.25) is 0 Å². The maximum absolute atomic E-state index is 13.4. The van der Waals surface area contributed by atoms with E-state index in [9.17, 15) is 9.18 Å². The third kappa shape index (κ3) is 3.60. The molecule has 0 unspecified atom stereocenters. The summed E-state index contributed by atoms with van der Waals surface area (Å²) < 4.78 is 23.9.